The summed E-state index contributed by atoms with van der Waals surface area (Å²) in [5, 5.41) is 0. The minimum Gasteiger partial charge on any atom is -0.377 e. The molecular weight excluding hydrogens is 414 g/mol. The number of quaternary nitrogens is 1. The molecule has 0 saturated heterocycles. The number of unbranched alkanes of at least 4 members (excludes halogenated alkanes) is 12. The predicted molar refractivity (Wildman–Crippen MR) is 133 cm³/mol. The van der Waals surface area contributed by atoms with E-state index in [1.165, 1.54) is 83.5 Å². The van der Waals surface area contributed by atoms with Crippen molar-refractivity contribution in [1.82, 2.24) is 0 Å². The van der Waals surface area contributed by atoms with Gasteiger partial charge < -0.3 is 17.8 Å². The highest BCUT2D eigenvalue weighted by Gasteiger charge is 2.38. The van der Waals surface area contributed by atoms with E-state index in [2.05, 4.69) is 21.0 Å². The van der Waals surface area contributed by atoms with Gasteiger partial charge in [-0.1, -0.05) is 95.6 Å². The standard InChI is InChI=1S/C24H53ClNO3Si/c1-7-8-9-10-11-12-13-14-15-16-17-18-19-21-24(25)26(2,3)22-20-23-30(27-4,28-5)29-6/h24H,7-23H2,1-6H3/q+1. The van der Waals surface area contributed by atoms with Crippen molar-refractivity contribution in [3.05, 3.63) is 0 Å². The van der Waals surface area contributed by atoms with Gasteiger partial charge in [-0.05, 0) is 6.42 Å². The summed E-state index contributed by atoms with van der Waals surface area (Å²) >= 11 is 6.76. The van der Waals surface area contributed by atoms with Gasteiger partial charge in [0.1, 0.15) is 0 Å². The van der Waals surface area contributed by atoms with Crippen molar-refractivity contribution in [2.45, 2.75) is 115 Å². The van der Waals surface area contributed by atoms with Crippen LogP contribution in [-0.4, -0.2) is 60.8 Å². The largest absolute Gasteiger partial charge is 0.500 e. The number of nitrogens with zero attached hydrogens (tertiary/aromatic N) is 1. The fourth-order valence-corrected chi connectivity index (χ4v) is 6.03. The first kappa shape index (κ1) is 30.3. The lowest BCUT2D eigenvalue weighted by Gasteiger charge is -2.35. The number of hydrogen-bond donors (Lipinski definition) is 0. The molecule has 1 atom stereocenters. The molecule has 0 amide bonds. The van der Waals surface area contributed by atoms with Gasteiger partial charge in [-0.2, -0.15) is 0 Å². The van der Waals surface area contributed by atoms with Gasteiger partial charge in [0.2, 0.25) is 0 Å². The van der Waals surface area contributed by atoms with E-state index in [0.29, 0.717) is 0 Å². The minimum atomic E-state index is -2.47. The molecule has 6 heteroatoms. The molecule has 0 bridgehead atoms. The third-order valence-corrected chi connectivity index (χ3v) is 10.0. The summed E-state index contributed by atoms with van der Waals surface area (Å²) in [5.74, 6) is 0. The molecule has 0 aliphatic heterocycles. The van der Waals surface area contributed by atoms with Crippen molar-refractivity contribution in [3.8, 4) is 0 Å². The van der Waals surface area contributed by atoms with Gasteiger partial charge in [-0.15, -0.1) is 0 Å². The van der Waals surface area contributed by atoms with Gasteiger partial charge in [0.05, 0.1) is 20.6 Å². The fraction of sp³-hybridized carbons (Fsp3) is 1.00. The van der Waals surface area contributed by atoms with E-state index in [1.807, 2.05) is 0 Å². The van der Waals surface area contributed by atoms with Crippen LogP contribution in [0.2, 0.25) is 6.04 Å². The van der Waals surface area contributed by atoms with E-state index in [0.717, 1.165) is 29.9 Å². The Hall–Kier alpha value is 0.347. The minimum absolute atomic E-state index is 0.168. The van der Waals surface area contributed by atoms with Gasteiger partial charge in [-0.3, -0.25) is 0 Å². The molecular formula is C24H53ClNO3Si+. The summed E-state index contributed by atoms with van der Waals surface area (Å²) in [5.41, 5.74) is 0.168. The van der Waals surface area contributed by atoms with Crippen LogP contribution >= 0.6 is 11.6 Å². The normalized spacial score (nSPS) is 13.7. The number of rotatable bonds is 22. The predicted octanol–water partition coefficient (Wildman–Crippen LogP) is 7.38. The van der Waals surface area contributed by atoms with Crippen LogP contribution in [0.15, 0.2) is 0 Å². The number of alkyl halides is 1. The first-order chi connectivity index (χ1) is 14.4. The molecule has 0 aliphatic carbocycles. The third-order valence-electron chi connectivity index (χ3n) is 6.45. The summed E-state index contributed by atoms with van der Waals surface area (Å²) in [6, 6.07) is 0.834. The summed E-state index contributed by atoms with van der Waals surface area (Å²) in [7, 11) is 7.03. The van der Waals surface area contributed by atoms with Crippen molar-refractivity contribution in [3.63, 3.8) is 0 Å². The highest BCUT2D eigenvalue weighted by molar-refractivity contribution is 6.60. The maximum atomic E-state index is 6.76. The first-order valence-corrected chi connectivity index (χ1v) is 14.9. The smallest absolute Gasteiger partial charge is 0.377 e. The average Bonchev–Trinajstić information content (AvgIpc) is 2.74. The zero-order valence-electron chi connectivity index (χ0n) is 21.1. The van der Waals surface area contributed by atoms with Crippen molar-refractivity contribution >= 4 is 20.4 Å². The van der Waals surface area contributed by atoms with E-state index in [1.54, 1.807) is 21.3 Å². The molecule has 4 nitrogen and oxygen atoms in total. The summed E-state index contributed by atoms with van der Waals surface area (Å²) in [6.07, 6.45) is 20.2. The Labute approximate surface area is 194 Å². The van der Waals surface area contributed by atoms with Crippen LogP contribution in [0.3, 0.4) is 0 Å². The maximum Gasteiger partial charge on any atom is 0.500 e. The SMILES string of the molecule is CCCCCCCCCCCCCCCC(Cl)[N+](C)(C)CCC[Si](OC)(OC)OC. The van der Waals surface area contributed by atoms with Gasteiger partial charge >= 0.3 is 8.80 Å². The third kappa shape index (κ3) is 14.4. The Morgan fingerprint density at radius 3 is 1.47 bits per heavy atom. The highest BCUT2D eigenvalue weighted by Crippen LogP contribution is 2.22. The van der Waals surface area contributed by atoms with Crippen molar-refractivity contribution in [1.29, 1.82) is 0 Å². The zero-order chi connectivity index (χ0) is 22.7. The molecule has 0 fully saturated rings. The second kappa shape index (κ2) is 18.9. The topological polar surface area (TPSA) is 27.7 Å². The van der Waals surface area contributed by atoms with Crippen LogP contribution in [0, 0.1) is 0 Å². The molecule has 182 valence electrons. The monoisotopic (exact) mass is 466 g/mol. The molecule has 0 aromatic carbocycles. The molecule has 30 heavy (non-hydrogen) atoms. The molecule has 0 aliphatic rings. The van der Waals surface area contributed by atoms with Crippen LogP contribution < -0.4 is 0 Å². The van der Waals surface area contributed by atoms with E-state index >= 15 is 0 Å². The molecule has 0 heterocycles. The van der Waals surface area contributed by atoms with Crippen LogP contribution in [0.1, 0.15) is 103 Å². The van der Waals surface area contributed by atoms with Crippen LogP contribution in [0.4, 0.5) is 0 Å². The van der Waals surface area contributed by atoms with Crippen LogP contribution in [-0.2, 0) is 13.3 Å². The zero-order valence-corrected chi connectivity index (χ0v) is 22.9. The fourth-order valence-electron chi connectivity index (χ4n) is 4.08. The first-order valence-electron chi connectivity index (χ1n) is 12.5. The molecule has 0 spiro atoms. The highest BCUT2D eigenvalue weighted by atomic mass is 35.5. The Balaban J connectivity index is 3.71. The maximum absolute atomic E-state index is 6.76. The van der Waals surface area contributed by atoms with Crippen LogP contribution in [0.5, 0.6) is 0 Å². The summed E-state index contributed by atoms with van der Waals surface area (Å²) < 4.78 is 17.4. The van der Waals surface area contributed by atoms with Crippen molar-refractivity contribution in [2.24, 2.45) is 0 Å². The molecule has 0 rings (SSSR count). The van der Waals surface area contributed by atoms with E-state index < -0.39 is 8.80 Å². The lowest BCUT2D eigenvalue weighted by atomic mass is 10.0. The Morgan fingerprint density at radius 1 is 0.667 bits per heavy atom. The Morgan fingerprint density at radius 2 is 1.07 bits per heavy atom. The molecule has 1 unspecified atom stereocenters. The quantitative estimate of drug-likeness (QED) is 0.0547. The molecule has 0 aromatic heterocycles. The van der Waals surface area contributed by atoms with Crippen molar-refractivity contribution < 1.29 is 17.8 Å². The van der Waals surface area contributed by atoms with Gasteiger partial charge in [0.15, 0.2) is 5.50 Å². The van der Waals surface area contributed by atoms with Crippen LogP contribution in [0.25, 0.3) is 0 Å². The molecule has 0 N–H and O–H groups in total. The van der Waals surface area contributed by atoms with Gasteiger partial charge in [0.25, 0.3) is 0 Å². The summed E-state index contributed by atoms with van der Waals surface area (Å²) in [6.45, 7) is 3.30. The van der Waals surface area contributed by atoms with E-state index in [-0.39, 0.29) is 5.50 Å². The molecule has 0 saturated carbocycles. The van der Waals surface area contributed by atoms with E-state index in [9.17, 15) is 0 Å². The summed E-state index contributed by atoms with van der Waals surface area (Å²) in [4.78, 5) is 0. The Kier molecular flexibility index (Phi) is 19.1. The van der Waals surface area contributed by atoms with Crippen molar-refractivity contribution in [2.75, 3.05) is 42.0 Å². The lowest BCUT2D eigenvalue weighted by molar-refractivity contribution is -0.902. The second-order valence-corrected chi connectivity index (χ2v) is 13.0. The number of hydrogen-bond acceptors (Lipinski definition) is 3. The number of halogens is 1. The van der Waals surface area contributed by atoms with Gasteiger partial charge in [-0.25, -0.2) is 0 Å². The average molecular weight is 467 g/mol. The molecule has 0 aromatic rings. The second-order valence-electron chi connectivity index (χ2n) is 9.37. The molecule has 0 radical (unpaired) electrons. The lowest BCUT2D eigenvalue weighted by Crippen LogP contribution is -2.48. The Bertz CT molecular complexity index is 373. The van der Waals surface area contributed by atoms with E-state index in [4.69, 9.17) is 24.9 Å². The van der Waals surface area contributed by atoms with Gasteiger partial charge in [0, 0.05) is 40.2 Å².